The molecule has 1 aromatic heterocycles. The zero-order valence-electron chi connectivity index (χ0n) is 14.1. The summed E-state index contributed by atoms with van der Waals surface area (Å²) in [5.41, 5.74) is -1.08. The topological polar surface area (TPSA) is 67.2 Å². The lowest BCUT2D eigenvalue weighted by Crippen LogP contribution is -2.43. The minimum absolute atomic E-state index is 0.0324. The molecule has 1 saturated heterocycles. The van der Waals surface area contributed by atoms with E-state index in [4.69, 9.17) is 6.42 Å². The molecule has 2 amide bonds. The van der Waals surface area contributed by atoms with Crippen LogP contribution in [-0.4, -0.2) is 46.1 Å². The molecule has 1 aromatic rings. The number of carbonyl (C=O) groups is 2. The minimum atomic E-state index is -4.59. The molecule has 3 rings (SSSR count). The third kappa shape index (κ3) is 3.84. The highest BCUT2D eigenvalue weighted by Crippen LogP contribution is 2.38. The Morgan fingerprint density at radius 2 is 1.92 bits per heavy atom. The summed E-state index contributed by atoms with van der Waals surface area (Å²) in [7, 11) is 0. The van der Waals surface area contributed by atoms with E-state index in [0.717, 1.165) is 18.9 Å². The van der Waals surface area contributed by atoms with Crippen molar-refractivity contribution in [1.82, 2.24) is 20.0 Å². The fourth-order valence-electron chi connectivity index (χ4n) is 3.08. The van der Waals surface area contributed by atoms with Crippen LogP contribution in [0, 0.1) is 18.3 Å². The van der Waals surface area contributed by atoms with Gasteiger partial charge in [0.1, 0.15) is 5.69 Å². The van der Waals surface area contributed by atoms with Crippen LogP contribution < -0.4 is 5.32 Å². The second-order valence-corrected chi connectivity index (χ2v) is 6.58. The molecular formula is C17H19F3N4O2. The summed E-state index contributed by atoms with van der Waals surface area (Å²) < 4.78 is 40.1. The molecule has 2 aliphatic rings. The van der Waals surface area contributed by atoms with Crippen molar-refractivity contribution >= 4 is 11.8 Å². The quantitative estimate of drug-likeness (QED) is 0.825. The third-order valence-corrected chi connectivity index (χ3v) is 4.66. The highest BCUT2D eigenvalue weighted by Gasteiger charge is 2.40. The third-order valence-electron chi connectivity index (χ3n) is 4.66. The maximum atomic E-state index is 13.0. The Labute approximate surface area is 148 Å². The molecule has 1 aliphatic heterocycles. The van der Waals surface area contributed by atoms with Crippen molar-refractivity contribution in [3.05, 3.63) is 17.5 Å². The van der Waals surface area contributed by atoms with Gasteiger partial charge in [0.15, 0.2) is 5.69 Å². The SMILES string of the molecule is C#CCNC(=O)C1CCN(C(=O)c2cc(C(F)(F)F)nn2C2CC2)CC1. The molecule has 1 saturated carbocycles. The number of carbonyl (C=O) groups excluding carboxylic acids is 2. The second kappa shape index (κ2) is 7.02. The van der Waals surface area contributed by atoms with Gasteiger partial charge in [-0.3, -0.25) is 14.3 Å². The van der Waals surface area contributed by atoms with E-state index in [0.29, 0.717) is 25.9 Å². The first-order valence-electron chi connectivity index (χ1n) is 8.48. The first-order chi connectivity index (χ1) is 12.3. The van der Waals surface area contributed by atoms with Crippen molar-refractivity contribution in [2.45, 2.75) is 37.9 Å². The van der Waals surface area contributed by atoms with E-state index in [1.54, 1.807) is 0 Å². The maximum Gasteiger partial charge on any atom is 0.435 e. The Hall–Kier alpha value is -2.50. The Bertz CT molecular complexity index is 738. The Kier molecular flexibility index (Phi) is 4.94. The van der Waals surface area contributed by atoms with E-state index in [2.05, 4.69) is 16.3 Å². The number of likely N-dealkylation sites (tertiary alicyclic amines) is 1. The number of rotatable bonds is 4. The minimum Gasteiger partial charge on any atom is -0.345 e. The fourth-order valence-corrected chi connectivity index (χ4v) is 3.08. The van der Waals surface area contributed by atoms with Crippen molar-refractivity contribution in [3.63, 3.8) is 0 Å². The average molecular weight is 368 g/mol. The predicted octanol–water partition coefficient (Wildman–Crippen LogP) is 1.84. The van der Waals surface area contributed by atoms with Gasteiger partial charge in [-0.25, -0.2) is 0 Å². The molecule has 9 heteroatoms. The second-order valence-electron chi connectivity index (χ2n) is 6.58. The van der Waals surface area contributed by atoms with Crippen molar-refractivity contribution in [3.8, 4) is 12.3 Å². The van der Waals surface area contributed by atoms with E-state index in [-0.39, 0.29) is 30.1 Å². The first-order valence-corrected chi connectivity index (χ1v) is 8.48. The van der Waals surface area contributed by atoms with E-state index < -0.39 is 17.8 Å². The van der Waals surface area contributed by atoms with Crippen LogP contribution in [0.25, 0.3) is 0 Å². The molecule has 26 heavy (non-hydrogen) atoms. The lowest BCUT2D eigenvalue weighted by atomic mass is 9.95. The number of nitrogens with zero attached hydrogens (tertiary/aromatic N) is 3. The van der Waals surface area contributed by atoms with Crippen molar-refractivity contribution < 1.29 is 22.8 Å². The van der Waals surface area contributed by atoms with Gasteiger partial charge in [0.05, 0.1) is 12.6 Å². The van der Waals surface area contributed by atoms with E-state index in [1.807, 2.05) is 0 Å². The van der Waals surface area contributed by atoms with E-state index in [1.165, 1.54) is 9.58 Å². The molecule has 140 valence electrons. The average Bonchev–Trinajstić information content (AvgIpc) is 3.36. The molecule has 0 unspecified atom stereocenters. The van der Waals surface area contributed by atoms with Crippen LogP contribution in [0.4, 0.5) is 13.2 Å². The van der Waals surface area contributed by atoms with Crippen LogP contribution in [0.3, 0.4) is 0 Å². The molecule has 0 radical (unpaired) electrons. The van der Waals surface area contributed by atoms with Crippen LogP contribution in [-0.2, 0) is 11.0 Å². The standard InChI is InChI=1S/C17H19F3N4O2/c1-2-7-21-15(25)11-5-8-23(9-6-11)16(26)13-10-14(17(18,19)20)22-24(13)12-3-4-12/h1,10-12H,3-9H2,(H,21,25). The summed E-state index contributed by atoms with van der Waals surface area (Å²) in [4.78, 5) is 26.1. The molecule has 6 nitrogen and oxygen atoms in total. The van der Waals surface area contributed by atoms with Gasteiger partial charge < -0.3 is 10.2 Å². The number of amides is 2. The number of terminal acetylenes is 1. The number of hydrogen-bond donors (Lipinski definition) is 1. The Balaban J connectivity index is 1.68. The number of hydrogen-bond acceptors (Lipinski definition) is 3. The highest BCUT2D eigenvalue weighted by atomic mass is 19.4. The lowest BCUT2D eigenvalue weighted by molar-refractivity contribution is -0.141. The van der Waals surface area contributed by atoms with Gasteiger partial charge in [-0.05, 0) is 25.7 Å². The summed E-state index contributed by atoms with van der Waals surface area (Å²) in [6.45, 7) is 0.771. The van der Waals surface area contributed by atoms with Crippen LogP contribution in [0.15, 0.2) is 6.07 Å². The van der Waals surface area contributed by atoms with Crippen LogP contribution >= 0.6 is 0 Å². The molecular weight excluding hydrogens is 349 g/mol. The van der Waals surface area contributed by atoms with Gasteiger partial charge in [0, 0.05) is 25.1 Å². The van der Waals surface area contributed by atoms with E-state index in [9.17, 15) is 22.8 Å². The zero-order valence-corrected chi connectivity index (χ0v) is 14.1. The van der Waals surface area contributed by atoms with Gasteiger partial charge in [0.2, 0.25) is 5.91 Å². The summed E-state index contributed by atoms with van der Waals surface area (Å²) in [5, 5.41) is 6.21. The molecule has 0 atom stereocenters. The number of piperidine rings is 1. The number of alkyl halides is 3. The fraction of sp³-hybridized carbons (Fsp3) is 0.588. The Morgan fingerprint density at radius 3 is 2.46 bits per heavy atom. The van der Waals surface area contributed by atoms with Gasteiger partial charge in [-0.15, -0.1) is 6.42 Å². The largest absolute Gasteiger partial charge is 0.435 e. The van der Waals surface area contributed by atoms with Crippen LogP contribution in [0.5, 0.6) is 0 Å². The smallest absolute Gasteiger partial charge is 0.345 e. The molecule has 2 fully saturated rings. The van der Waals surface area contributed by atoms with Gasteiger partial charge in [0.25, 0.3) is 5.91 Å². The van der Waals surface area contributed by atoms with Crippen molar-refractivity contribution in [2.24, 2.45) is 5.92 Å². The molecule has 1 aliphatic carbocycles. The normalized spacial score (nSPS) is 18.5. The molecule has 0 bridgehead atoms. The summed E-state index contributed by atoms with van der Waals surface area (Å²) >= 11 is 0. The maximum absolute atomic E-state index is 13.0. The molecule has 0 aromatic carbocycles. The highest BCUT2D eigenvalue weighted by molar-refractivity contribution is 5.93. The number of nitrogens with one attached hydrogen (secondary N) is 1. The number of aromatic nitrogens is 2. The van der Waals surface area contributed by atoms with Gasteiger partial charge in [-0.1, -0.05) is 5.92 Å². The first kappa shape index (κ1) is 18.3. The van der Waals surface area contributed by atoms with Crippen LogP contribution in [0.2, 0.25) is 0 Å². The zero-order chi connectivity index (χ0) is 18.9. The molecule has 2 heterocycles. The summed E-state index contributed by atoms with van der Waals surface area (Å²) in [6.07, 6.45) is 2.86. The summed E-state index contributed by atoms with van der Waals surface area (Å²) in [5.74, 6) is 1.46. The van der Waals surface area contributed by atoms with Gasteiger partial charge >= 0.3 is 6.18 Å². The number of halogens is 3. The lowest BCUT2D eigenvalue weighted by Gasteiger charge is -2.31. The van der Waals surface area contributed by atoms with Crippen molar-refractivity contribution in [2.75, 3.05) is 19.6 Å². The molecule has 0 spiro atoms. The molecule has 1 N–H and O–H groups in total. The van der Waals surface area contributed by atoms with Crippen molar-refractivity contribution in [1.29, 1.82) is 0 Å². The predicted molar refractivity (Wildman–Crippen MR) is 86.0 cm³/mol. The summed E-state index contributed by atoms with van der Waals surface area (Å²) in [6, 6.07) is 0.684. The van der Waals surface area contributed by atoms with Gasteiger partial charge in [-0.2, -0.15) is 18.3 Å². The van der Waals surface area contributed by atoms with Crippen LogP contribution in [0.1, 0.15) is 47.9 Å². The Morgan fingerprint density at radius 1 is 1.27 bits per heavy atom. The monoisotopic (exact) mass is 368 g/mol. The van der Waals surface area contributed by atoms with E-state index >= 15 is 0 Å².